The summed E-state index contributed by atoms with van der Waals surface area (Å²) in [5.41, 5.74) is 2.00. The van der Waals surface area contributed by atoms with E-state index in [9.17, 15) is 9.59 Å². The van der Waals surface area contributed by atoms with Gasteiger partial charge in [-0.1, -0.05) is 26.0 Å². The van der Waals surface area contributed by atoms with Gasteiger partial charge in [-0.25, -0.2) is 0 Å². The van der Waals surface area contributed by atoms with Gasteiger partial charge in [0, 0.05) is 6.42 Å². The highest BCUT2D eigenvalue weighted by atomic mass is 16.5. The lowest BCUT2D eigenvalue weighted by Gasteiger charge is -2.59. The van der Waals surface area contributed by atoms with E-state index in [1.54, 1.807) is 0 Å². The molecule has 29 heavy (non-hydrogen) atoms. The Morgan fingerprint density at radius 3 is 2.48 bits per heavy atom. The number of esters is 1. The molecule has 0 bridgehead atoms. The van der Waals surface area contributed by atoms with E-state index in [1.165, 1.54) is 44.1 Å². The third-order valence-electron chi connectivity index (χ3n) is 10.1. The normalized spacial score (nSPS) is 46.8. The molecule has 5 unspecified atom stereocenters. The highest BCUT2D eigenvalue weighted by Gasteiger charge is 2.60. The minimum absolute atomic E-state index is 0.125. The van der Waals surface area contributed by atoms with Crippen LogP contribution in [0.1, 0.15) is 85.5 Å². The molecule has 162 valence electrons. The van der Waals surface area contributed by atoms with Crippen molar-refractivity contribution in [2.75, 3.05) is 6.61 Å². The molecule has 3 nitrogen and oxygen atoms in total. The monoisotopic (exact) mass is 400 g/mol. The van der Waals surface area contributed by atoms with Gasteiger partial charge >= 0.3 is 5.97 Å². The lowest BCUT2D eigenvalue weighted by atomic mass is 9.46. The molecule has 4 aliphatic carbocycles. The molecule has 4 rings (SSSR count). The summed E-state index contributed by atoms with van der Waals surface area (Å²) in [4.78, 5) is 25.3. The third-order valence-corrected chi connectivity index (χ3v) is 10.1. The van der Waals surface area contributed by atoms with Crippen molar-refractivity contribution in [1.29, 1.82) is 0 Å². The number of carbonyl (C=O) groups excluding carboxylic acids is 2. The Morgan fingerprint density at radius 2 is 1.79 bits per heavy atom. The first-order valence-corrected chi connectivity index (χ1v) is 12.1. The van der Waals surface area contributed by atoms with Crippen molar-refractivity contribution in [3.8, 4) is 0 Å². The average molecular weight is 401 g/mol. The van der Waals surface area contributed by atoms with Crippen molar-refractivity contribution in [2.24, 2.45) is 46.3 Å². The summed E-state index contributed by atoms with van der Waals surface area (Å²) < 4.78 is 5.26. The van der Waals surface area contributed by atoms with Gasteiger partial charge in [0.2, 0.25) is 0 Å². The van der Waals surface area contributed by atoms with Gasteiger partial charge in [0.25, 0.3) is 0 Å². The van der Waals surface area contributed by atoms with E-state index in [0.717, 1.165) is 18.3 Å². The molecule has 0 radical (unpaired) electrons. The number of allylic oxidation sites excluding steroid dienone is 1. The first-order chi connectivity index (χ1) is 13.7. The van der Waals surface area contributed by atoms with Gasteiger partial charge in [-0.05, 0) is 106 Å². The highest BCUT2D eigenvalue weighted by Crippen LogP contribution is 2.67. The Hall–Kier alpha value is -1.12. The second-order valence-corrected chi connectivity index (χ2v) is 11.2. The van der Waals surface area contributed by atoms with E-state index in [0.29, 0.717) is 42.6 Å². The second-order valence-electron chi connectivity index (χ2n) is 11.2. The van der Waals surface area contributed by atoms with E-state index in [4.69, 9.17) is 4.74 Å². The zero-order chi connectivity index (χ0) is 21.0. The van der Waals surface area contributed by atoms with Crippen LogP contribution in [0.5, 0.6) is 0 Å². The quantitative estimate of drug-likeness (QED) is 0.333. The van der Waals surface area contributed by atoms with Gasteiger partial charge < -0.3 is 4.74 Å². The molecule has 4 saturated carbocycles. The number of hydrogen-bond donors (Lipinski definition) is 0. The molecule has 4 aliphatic rings. The van der Waals surface area contributed by atoms with Crippen molar-refractivity contribution >= 4 is 11.8 Å². The van der Waals surface area contributed by atoms with Crippen LogP contribution in [-0.2, 0) is 14.3 Å². The molecule has 0 aliphatic heterocycles. The number of ketones is 1. The first kappa shape index (κ1) is 21.1. The lowest BCUT2D eigenvalue weighted by Crippen LogP contribution is -2.51. The van der Waals surface area contributed by atoms with E-state index < -0.39 is 5.92 Å². The first-order valence-electron chi connectivity index (χ1n) is 12.1. The van der Waals surface area contributed by atoms with Crippen LogP contribution in [0.15, 0.2) is 12.2 Å². The fourth-order valence-corrected chi connectivity index (χ4v) is 8.57. The molecule has 0 heterocycles. The molecule has 0 N–H and O–H groups in total. The lowest BCUT2D eigenvalue weighted by molar-refractivity contribution is -0.152. The van der Waals surface area contributed by atoms with Crippen LogP contribution in [0.25, 0.3) is 0 Å². The standard InChI is InChI=1S/C26H40O3/c1-6-29-24(28)19-15-17-7-8-18-21-10-9-20(16(2)3)26(21,5)13-11-22(18)25(17,4)14-12-23(19)27/h17-22H,2,6-15H2,1,3-5H3/t17?,18?,19?,20-,21?,22?,25+,26-/m1/s1. The maximum Gasteiger partial charge on any atom is 0.316 e. The predicted octanol–water partition coefficient (Wildman–Crippen LogP) is 5.97. The molecule has 0 amide bonds. The SMILES string of the molecule is C=C(C)[C@H]1CCC2C3CCC4CC(C(=O)OCC)C(=O)CC[C@]4(C)C3CC[C@@]21C. The Kier molecular flexibility index (Phi) is 5.49. The number of rotatable bonds is 3. The largest absolute Gasteiger partial charge is 0.465 e. The van der Waals surface area contributed by atoms with Gasteiger partial charge in [0.1, 0.15) is 11.7 Å². The molecule has 4 fully saturated rings. The number of ether oxygens (including phenoxy) is 1. The average Bonchev–Trinajstić information content (AvgIpc) is 2.96. The zero-order valence-electron chi connectivity index (χ0n) is 19.0. The summed E-state index contributed by atoms with van der Waals surface area (Å²) in [5.74, 6) is 2.78. The Bertz CT molecular complexity index is 696. The molecule has 8 atom stereocenters. The second kappa shape index (κ2) is 7.54. The fraction of sp³-hybridized carbons (Fsp3) is 0.846. The molecule has 0 spiro atoms. The molecule has 0 aromatic rings. The van der Waals surface area contributed by atoms with E-state index in [-0.39, 0.29) is 17.2 Å². The van der Waals surface area contributed by atoms with Gasteiger partial charge in [-0.3, -0.25) is 9.59 Å². The van der Waals surface area contributed by atoms with Gasteiger partial charge in [-0.15, -0.1) is 0 Å². The number of fused-ring (bicyclic) bond motifs is 5. The summed E-state index contributed by atoms with van der Waals surface area (Å²) in [5, 5.41) is 0. The van der Waals surface area contributed by atoms with Crippen molar-refractivity contribution in [3.05, 3.63) is 12.2 Å². The van der Waals surface area contributed by atoms with E-state index in [2.05, 4.69) is 27.4 Å². The summed E-state index contributed by atoms with van der Waals surface area (Å²) >= 11 is 0. The maximum atomic E-state index is 12.8. The Labute approximate surface area is 177 Å². The van der Waals surface area contributed by atoms with Crippen LogP contribution in [0, 0.1) is 46.3 Å². The van der Waals surface area contributed by atoms with Gasteiger partial charge in [-0.2, -0.15) is 0 Å². The molecule has 0 aromatic heterocycles. The molecular formula is C26H40O3. The number of Topliss-reactive ketones (excluding diaryl/α,β-unsaturated/α-hetero) is 1. The van der Waals surface area contributed by atoms with Crippen LogP contribution in [0.4, 0.5) is 0 Å². The third kappa shape index (κ3) is 3.22. The highest BCUT2D eigenvalue weighted by molar-refractivity contribution is 5.99. The molecule has 0 saturated heterocycles. The predicted molar refractivity (Wildman–Crippen MR) is 115 cm³/mol. The zero-order valence-corrected chi connectivity index (χ0v) is 19.0. The number of carbonyl (C=O) groups is 2. The van der Waals surface area contributed by atoms with E-state index in [1.807, 2.05) is 6.92 Å². The van der Waals surface area contributed by atoms with Crippen LogP contribution in [0.2, 0.25) is 0 Å². The smallest absolute Gasteiger partial charge is 0.316 e. The van der Waals surface area contributed by atoms with Crippen LogP contribution in [-0.4, -0.2) is 18.4 Å². The topological polar surface area (TPSA) is 43.4 Å². The molecule has 3 heteroatoms. The Morgan fingerprint density at radius 1 is 1.07 bits per heavy atom. The van der Waals surface area contributed by atoms with Crippen LogP contribution in [0.3, 0.4) is 0 Å². The van der Waals surface area contributed by atoms with Gasteiger partial charge in [0.05, 0.1) is 6.61 Å². The van der Waals surface area contributed by atoms with Gasteiger partial charge in [0.15, 0.2) is 0 Å². The van der Waals surface area contributed by atoms with Crippen LogP contribution < -0.4 is 0 Å². The van der Waals surface area contributed by atoms with E-state index >= 15 is 0 Å². The van der Waals surface area contributed by atoms with Crippen molar-refractivity contribution in [2.45, 2.75) is 85.5 Å². The summed E-state index contributed by atoms with van der Waals surface area (Å²) in [6.07, 6.45) is 9.91. The minimum atomic E-state index is -0.522. The van der Waals surface area contributed by atoms with Crippen molar-refractivity contribution < 1.29 is 14.3 Å². The maximum absolute atomic E-state index is 12.8. The summed E-state index contributed by atoms with van der Waals surface area (Å²) in [7, 11) is 0. The molecular weight excluding hydrogens is 360 g/mol. The van der Waals surface area contributed by atoms with Crippen molar-refractivity contribution in [1.82, 2.24) is 0 Å². The minimum Gasteiger partial charge on any atom is -0.465 e. The Balaban J connectivity index is 1.58. The van der Waals surface area contributed by atoms with Crippen LogP contribution >= 0.6 is 0 Å². The molecule has 0 aromatic carbocycles. The summed E-state index contributed by atoms with van der Waals surface area (Å²) in [6, 6.07) is 0. The fourth-order valence-electron chi connectivity index (χ4n) is 8.57. The van der Waals surface area contributed by atoms with Crippen molar-refractivity contribution in [3.63, 3.8) is 0 Å². The summed E-state index contributed by atoms with van der Waals surface area (Å²) in [6.45, 7) is 13.8. The number of hydrogen-bond acceptors (Lipinski definition) is 3.